The molecular weight excluding hydrogens is 242 g/mol. The quantitative estimate of drug-likeness (QED) is 0.819. The molecule has 1 aliphatic heterocycles. The van der Waals surface area contributed by atoms with Crippen molar-refractivity contribution < 1.29 is 19.5 Å². The van der Waals surface area contributed by atoms with E-state index in [1.54, 1.807) is 17.5 Å². The van der Waals surface area contributed by atoms with Crippen LogP contribution in [0.25, 0.3) is 0 Å². The zero-order chi connectivity index (χ0) is 12.6. The van der Waals surface area contributed by atoms with Gasteiger partial charge in [-0.3, -0.25) is 14.5 Å². The maximum atomic E-state index is 11.7. The van der Waals surface area contributed by atoms with Gasteiger partial charge in [0, 0.05) is 16.5 Å². The number of carbonyl (C=O) groups excluding carboxylic acids is 2. The Morgan fingerprint density at radius 1 is 1.47 bits per heavy atom. The molecule has 6 heteroatoms. The van der Waals surface area contributed by atoms with Gasteiger partial charge in [0.05, 0.1) is 0 Å². The topological polar surface area (TPSA) is 74.7 Å². The van der Waals surface area contributed by atoms with Crippen LogP contribution in [0.3, 0.4) is 0 Å². The summed E-state index contributed by atoms with van der Waals surface area (Å²) >= 11 is 1.20. The van der Waals surface area contributed by atoms with Gasteiger partial charge in [-0.2, -0.15) is 0 Å². The molecule has 5 nitrogen and oxygen atoms in total. The monoisotopic (exact) mass is 251 g/mol. The highest BCUT2D eigenvalue weighted by Crippen LogP contribution is 2.29. The Morgan fingerprint density at radius 2 is 2.18 bits per heavy atom. The second-order valence-electron chi connectivity index (χ2n) is 3.60. The minimum atomic E-state index is -1.23. The van der Waals surface area contributed by atoms with Gasteiger partial charge in [-0.05, 0) is 18.4 Å². The molecule has 0 saturated heterocycles. The molecule has 2 amide bonds. The number of carboxylic acids is 1. The zero-order valence-corrected chi connectivity index (χ0v) is 9.73. The Labute approximate surface area is 101 Å². The molecule has 88 valence electrons. The average Bonchev–Trinajstić information content (AvgIpc) is 2.83. The van der Waals surface area contributed by atoms with E-state index in [0.29, 0.717) is 4.88 Å². The molecule has 1 N–H and O–H groups in total. The first kappa shape index (κ1) is 11.5. The minimum absolute atomic E-state index is 0.262. The number of hydrogen-bond donors (Lipinski definition) is 1. The van der Waals surface area contributed by atoms with Gasteiger partial charge in [-0.15, -0.1) is 11.3 Å². The number of imide groups is 1. The van der Waals surface area contributed by atoms with E-state index in [4.69, 9.17) is 5.11 Å². The lowest BCUT2D eigenvalue weighted by Gasteiger charge is -2.21. The van der Waals surface area contributed by atoms with E-state index in [1.165, 1.54) is 18.3 Å². The Morgan fingerprint density at radius 3 is 2.59 bits per heavy atom. The van der Waals surface area contributed by atoms with Gasteiger partial charge in [-0.1, -0.05) is 6.07 Å². The first-order valence-electron chi connectivity index (χ1n) is 4.84. The van der Waals surface area contributed by atoms with Gasteiger partial charge in [0.15, 0.2) is 6.04 Å². The van der Waals surface area contributed by atoms with Crippen LogP contribution in [0.2, 0.25) is 0 Å². The van der Waals surface area contributed by atoms with Crippen molar-refractivity contribution in [1.29, 1.82) is 0 Å². The van der Waals surface area contributed by atoms with E-state index in [9.17, 15) is 14.4 Å². The fourth-order valence-electron chi connectivity index (χ4n) is 1.66. The first-order valence-corrected chi connectivity index (χ1v) is 5.72. The molecule has 0 aromatic carbocycles. The number of nitrogens with zero attached hydrogens (tertiary/aromatic N) is 1. The van der Waals surface area contributed by atoms with E-state index >= 15 is 0 Å². The molecule has 1 atom stereocenters. The van der Waals surface area contributed by atoms with Crippen LogP contribution < -0.4 is 0 Å². The number of thiophene rings is 1. The lowest BCUT2D eigenvalue weighted by molar-refractivity contribution is -0.153. The molecule has 0 radical (unpaired) electrons. The van der Waals surface area contributed by atoms with Crippen LogP contribution >= 0.6 is 11.3 Å². The number of aliphatic carboxylic acids is 1. The van der Waals surface area contributed by atoms with Crippen molar-refractivity contribution in [2.75, 3.05) is 0 Å². The molecule has 1 unspecified atom stereocenters. The second kappa shape index (κ2) is 4.14. The predicted molar refractivity (Wildman–Crippen MR) is 60.3 cm³/mol. The van der Waals surface area contributed by atoms with Crippen LogP contribution in [0.15, 0.2) is 29.2 Å². The Bertz CT molecular complexity index is 518. The molecule has 1 aliphatic rings. The van der Waals surface area contributed by atoms with Gasteiger partial charge >= 0.3 is 5.97 Å². The highest BCUT2D eigenvalue weighted by atomic mass is 32.1. The molecule has 0 spiro atoms. The predicted octanol–water partition coefficient (Wildman–Crippen LogP) is 1.19. The fraction of sp³-hybridized carbons (Fsp3) is 0.182. The van der Waals surface area contributed by atoms with Gasteiger partial charge in [0.2, 0.25) is 0 Å². The number of amides is 2. The van der Waals surface area contributed by atoms with E-state index < -0.39 is 23.8 Å². The van der Waals surface area contributed by atoms with Crippen LogP contribution in [0.5, 0.6) is 0 Å². The number of hydrogen-bond acceptors (Lipinski definition) is 4. The van der Waals surface area contributed by atoms with Crippen LogP contribution in [0, 0.1) is 0 Å². The summed E-state index contributed by atoms with van der Waals surface area (Å²) in [4.78, 5) is 35.8. The van der Waals surface area contributed by atoms with Crippen molar-refractivity contribution >= 4 is 29.1 Å². The van der Waals surface area contributed by atoms with Gasteiger partial charge in [0.1, 0.15) is 0 Å². The number of rotatable bonds is 3. The molecule has 0 aliphatic carbocycles. The maximum Gasteiger partial charge on any atom is 0.332 e. The third-order valence-electron chi connectivity index (χ3n) is 2.44. The average molecular weight is 251 g/mol. The van der Waals surface area contributed by atoms with E-state index in [1.807, 2.05) is 0 Å². The summed E-state index contributed by atoms with van der Waals surface area (Å²) < 4.78 is 0. The summed E-state index contributed by atoms with van der Waals surface area (Å²) in [5.74, 6) is -2.33. The van der Waals surface area contributed by atoms with Crippen LogP contribution in [0.1, 0.15) is 17.8 Å². The van der Waals surface area contributed by atoms with Gasteiger partial charge in [0.25, 0.3) is 11.8 Å². The molecule has 2 rings (SSSR count). The third kappa shape index (κ3) is 1.87. The molecule has 0 saturated carbocycles. The van der Waals surface area contributed by atoms with Crippen molar-refractivity contribution in [2.45, 2.75) is 13.0 Å². The molecule has 1 aromatic rings. The van der Waals surface area contributed by atoms with E-state index in [0.717, 1.165) is 11.0 Å². The smallest absolute Gasteiger partial charge is 0.332 e. The van der Waals surface area contributed by atoms with Gasteiger partial charge < -0.3 is 5.11 Å². The summed E-state index contributed by atoms with van der Waals surface area (Å²) in [5.41, 5.74) is 0.262. The Balaban J connectivity index is 2.40. The molecule has 17 heavy (non-hydrogen) atoms. The first-order chi connectivity index (χ1) is 8.02. The molecule has 0 bridgehead atoms. The van der Waals surface area contributed by atoms with Crippen molar-refractivity contribution in [3.8, 4) is 0 Å². The summed E-state index contributed by atoms with van der Waals surface area (Å²) in [6.45, 7) is 1.49. The third-order valence-corrected chi connectivity index (χ3v) is 3.36. The largest absolute Gasteiger partial charge is 0.479 e. The molecule has 2 heterocycles. The standard InChI is InChI=1S/C11H9NO4S/c1-6-5-8(13)12(10(6)14)9(11(15)16)7-3-2-4-17-7/h2-5,9H,1H3,(H,15,16). The van der Waals surface area contributed by atoms with E-state index in [2.05, 4.69) is 0 Å². The van der Waals surface area contributed by atoms with Gasteiger partial charge in [-0.25, -0.2) is 4.79 Å². The minimum Gasteiger partial charge on any atom is -0.479 e. The summed E-state index contributed by atoms with van der Waals surface area (Å²) in [7, 11) is 0. The van der Waals surface area contributed by atoms with Crippen LogP contribution in [0.4, 0.5) is 0 Å². The van der Waals surface area contributed by atoms with E-state index in [-0.39, 0.29) is 5.57 Å². The number of carboxylic acid groups (broad SMARTS) is 1. The Hall–Kier alpha value is -1.95. The SMILES string of the molecule is CC1=CC(=O)N(C(C(=O)O)c2cccs2)C1=O. The normalized spacial score (nSPS) is 17.2. The lowest BCUT2D eigenvalue weighted by atomic mass is 10.2. The lowest BCUT2D eigenvalue weighted by Crippen LogP contribution is -2.38. The summed E-state index contributed by atoms with van der Waals surface area (Å²) in [5, 5.41) is 10.9. The Kier molecular flexibility index (Phi) is 2.81. The van der Waals surface area contributed by atoms with Crippen LogP contribution in [-0.4, -0.2) is 27.8 Å². The molecule has 1 aromatic heterocycles. The summed E-state index contributed by atoms with van der Waals surface area (Å²) in [6, 6.07) is 2.04. The summed E-state index contributed by atoms with van der Waals surface area (Å²) in [6.07, 6.45) is 1.16. The van der Waals surface area contributed by atoms with Crippen molar-refractivity contribution in [2.24, 2.45) is 0 Å². The van der Waals surface area contributed by atoms with Crippen LogP contribution in [-0.2, 0) is 14.4 Å². The zero-order valence-electron chi connectivity index (χ0n) is 8.91. The fourth-order valence-corrected chi connectivity index (χ4v) is 2.46. The van der Waals surface area contributed by atoms with Crippen molar-refractivity contribution in [3.05, 3.63) is 34.0 Å². The molecule has 0 fully saturated rings. The van der Waals surface area contributed by atoms with Crippen molar-refractivity contribution in [1.82, 2.24) is 4.90 Å². The maximum absolute atomic E-state index is 11.7. The molecular formula is C11H9NO4S. The second-order valence-corrected chi connectivity index (χ2v) is 4.58. The highest BCUT2D eigenvalue weighted by Gasteiger charge is 2.39. The highest BCUT2D eigenvalue weighted by molar-refractivity contribution is 7.10. The number of carbonyl (C=O) groups is 3. The van der Waals surface area contributed by atoms with Crippen molar-refractivity contribution in [3.63, 3.8) is 0 Å².